The van der Waals surface area contributed by atoms with E-state index in [1.807, 2.05) is 30.3 Å². The van der Waals surface area contributed by atoms with E-state index in [1.165, 1.54) is 18.2 Å². The van der Waals surface area contributed by atoms with E-state index in [0.717, 1.165) is 12.5 Å². The van der Waals surface area contributed by atoms with Gasteiger partial charge in [-0.2, -0.15) is 0 Å². The topological polar surface area (TPSA) is 90.0 Å². The predicted molar refractivity (Wildman–Crippen MR) is 84.3 cm³/mol. The number of esters is 1. The highest BCUT2D eigenvalue weighted by atomic mass is 16.7. The molecule has 25 heavy (non-hydrogen) atoms. The van der Waals surface area contributed by atoms with Gasteiger partial charge in [-0.1, -0.05) is 35.4 Å². The number of nitrogens with zero attached hydrogens (tertiary/aromatic N) is 1. The van der Waals surface area contributed by atoms with Crippen LogP contribution in [0.2, 0.25) is 0 Å². The molecule has 0 unspecified atom stereocenters. The van der Waals surface area contributed by atoms with Crippen molar-refractivity contribution in [3.05, 3.63) is 70.8 Å². The summed E-state index contributed by atoms with van der Waals surface area (Å²) in [5.41, 5.74) is 0.996. The van der Waals surface area contributed by atoms with Crippen LogP contribution in [-0.4, -0.2) is 28.8 Å². The van der Waals surface area contributed by atoms with Crippen molar-refractivity contribution >= 4 is 23.8 Å². The number of imide groups is 1. The number of hydrogen-bond donors (Lipinski definition) is 0. The monoisotopic (exact) mass is 339 g/mol. The fraction of sp³-hybridized carbons (Fsp3) is 0.111. The third-order valence-corrected chi connectivity index (χ3v) is 3.52. The lowest BCUT2D eigenvalue weighted by Gasteiger charge is -2.10. The van der Waals surface area contributed by atoms with E-state index in [9.17, 15) is 19.2 Å². The Bertz CT molecular complexity index is 874. The van der Waals surface area contributed by atoms with Crippen LogP contribution in [0.4, 0.5) is 0 Å². The standard InChI is InChI=1S/C18H13NO6/c1-11(20)25-19-16(21)14-8-7-13(9-15(14)17(19)22)18(23)24-10-12-5-3-2-4-6-12/h2-9H,10H2,1H3. The molecule has 0 bridgehead atoms. The van der Waals surface area contributed by atoms with Crippen LogP contribution in [0.5, 0.6) is 0 Å². The maximum absolute atomic E-state index is 12.2. The molecule has 2 aromatic carbocycles. The molecule has 0 aromatic heterocycles. The first-order valence-corrected chi connectivity index (χ1v) is 7.40. The quantitative estimate of drug-likeness (QED) is 0.626. The SMILES string of the molecule is CC(=O)ON1C(=O)c2ccc(C(=O)OCc3ccccc3)cc2C1=O. The first-order chi connectivity index (χ1) is 12.0. The Kier molecular flexibility index (Phi) is 4.30. The smallest absolute Gasteiger partial charge is 0.338 e. The van der Waals surface area contributed by atoms with Gasteiger partial charge in [-0.3, -0.25) is 9.59 Å². The van der Waals surface area contributed by atoms with E-state index < -0.39 is 23.8 Å². The van der Waals surface area contributed by atoms with E-state index in [0.29, 0.717) is 5.06 Å². The number of amides is 2. The van der Waals surface area contributed by atoms with Crippen molar-refractivity contribution in [2.24, 2.45) is 0 Å². The molecule has 7 nitrogen and oxygen atoms in total. The molecule has 1 heterocycles. The minimum absolute atomic E-state index is 0.0135. The van der Waals surface area contributed by atoms with Gasteiger partial charge in [-0.15, -0.1) is 0 Å². The molecule has 0 spiro atoms. The van der Waals surface area contributed by atoms with Crippen LogP contribution in [-0.2, 0) is 21.0 Å². The highest BCUT2D eigenvalue weighted by Gasteiger charge is 2.39. The molecule has 126 valence electrons. The zero-order valence-electron chi connectivity index (χ0n) is 13.2. The summed E-state index contributed by atoms with van der Waals surface area (Å²) in [7, 11) is 0. The lowest BCUT2D eigenvalue weighted by molar-refractivity contribution is -0.165. The number of benzene rings is 2. The Labute approximate surface area is 142 Å². The molecule has 1 aliphatic heterocycles. The van der Waals surface area contributed by atoms with Gasteiger partial charge in [0.1, 0.15) is 6.61 Å². The van der Waals surface area contributed by atoms with Crippen molar-refractivity contribution in [2.45, 2.75) is 13.5 Å². The van der Waals surface area contributed by atoms with Crippen LogP contribution in [0.1, 0.15) is 43.6 Å². The second-order valence-electron chi connectivity index (χ2n) is 5.31. The van der Waals surface area contributed by atoms with E-state index in [1.54, 1.807) is 0 Å². The predicted octanol–water partition coefficient (Wildman–Crippen LogP) is 2.12. The van der Waals surface area contributed by atoms with Gasteiger partial charge in [-0.25, -0.2) is 9.59 Å². The Morgan fingerprint density at radius 2 is 1.64 bits per heavy atom. The van der Waals surface area contributed by atoms with Crippen LogP contribution >= 0.6 is 0 Å². The average Bonchev–Trinajstić information content (AvgIpc) is 2.84. The normalized spacial score (nSPS) is 12.8. The summed E-state index contributed by atoms with van der Waals surface area (Å²) in [6, 6.07) is 13.1. The fourth-order valence-electron chi connectivity index (χ4n) is 2.36. The van der Waals surface area contributed by atoms with Gasteiger partial charge in [0, 0.05) is 6.92 Å². The third kappa shape index (κ3) is 3.25. The molecule has 0 saturated heterocycles. The summed E-state index contributed by atoms with van der Waals surface area (Å²) in [6.45, 7) is 1.17. The highest BCUT2D eigenvalue weighted by molar-refractivity contribution is 6.21. The molecule has 0 aliphatic carbocycles. The molecule has 3 rings (SSSR count). The van der Waals surface area contributed by atoms with Gasteiger partial charge in [0.15, 0.2) is 0 Å². The van der Waals surface area contributed by atoms with Gasteiger partial charge < -0.3 is 9.57 Å². The van der Waals surface area contributed by atoms with Crippen LogP contribution < -0.4 is 0 Å². The number of carbonyl (C=O) groups is 4. The summed E-state index contributed by atoms with van der Waals surface area (Å²) >= 11 is 0. The lowest BCUT2D eigenvalue weighted by atomic mass is 10.1. The van der Waals surface area contributed by atoms with Crippen LogP contribution in [0.25, 0.3) is 0 Å². The molecule has 1 aliphatic rings. The van der Waals surface area contributed by atoms with E-state index in [4.69, 9.17) is 4.74 Å². The van der Waals surface area contributed by atoms with Crippen LogP contribution in [0.3, 0.4) is 0 Å². The second-order valence-corrected chi connectivity index (χ2v) is 5.31. The molecule has 0 N–H and O–H groups in total. The Morgan fingerprint density at radius 1 is 0.960 bits per heavy atom. The summed E-state index contributed by atoms with van der Waals surface area (Å²) in [5, 5.41) is 0.381. The maximum atomic E-state index is 12.2. The molecule has 0 radical (unpaired) electrons. The zero-order chi connectivity index (χ0) is 18.0. The molecule has 2 aromatic rings. The Balaban J connectivity index is 1.77. The maximum Gasteiger partial charge on any atom is 0.338 e. The molecule has 0 atom stereocenters. The largest absolute Gasteiger partial charge is 0.457 e. The molecular weight excluding hydrogens is 326 g/mol. The molecule has 7 heteroatoms. The van der Waals surface area contributed by atoms with Gasteiger partial charge in [0.05, 0.1) is 16.7 Å². The van der Waals surface area contributed by atoms with Crippen molar-refractivity contribution in [1.82, 2.24) is 5.06 Å². The van der Waals surface area contributed by atoms with Crippen molar-refractivity contribution in [1.29, 1.82) is 0 Å². The van der Waals surface area contributed by atoms with Crippen molar-refractivity contribution in [2.75, 3.05) is 0 Å². The third-order valence-electron chi connectivity index (χ3n) is 3.52. The van der Waals surface area contributed by atoms with Gasteiger partial charge >= 0.3 is 11.9 Å². The number of hydrogen-bond acceptors (Lipinski definition) is 6. The van der Waals surface area contributed by atoms with Crippen molar-refractivity contribution in [3.63, 3.8) is 0 Å². The zero-order valence-corrected chi connectivity index (χ0v) is 13.2. The minimum Gasteiger partial charge on any atom is -0.457 e. The summed E-state index contributed by atoms with van der Waals surface area (Å²) in [6.07, 6.45) is 0. The lowest BCUT2D eigenvalue weighted by Crippen LogP contribution is -2.31. The van der Waals surface area contributed by atoms with E-state index >= 15 is 0 Å². The Morgan fingerprint density at radius 3 is 2.32 bits per heavy atom. The van der Waals surface area contributed by atoms with Gasteiger partial charge in [0.25, 0.3) is 11.8 Å². The molecular formula is C18H13NO6. The van der Waals surface area contributed by atoms with E-state index in [-0.39, 0.29) is 23.3 Å². The Hall–Kier alpha value is -3.48. The van der Waals surface area contributed by atoms with Gasteiger partial charge in [-0.05, 0) is 23.8 Å². The highest BCUT2D eigenvalue weighted by Crippen LogP contribution is 2.24. The first kappa shape index (κ1) is 16.4. The van der Waals surface area contributed by atoms with Gasteiger partial charge in [0.2, 0.25) is 0 Å². The molecule has 0 saturated carbocycles. The molecule has 0 fully saturated rings. The number of hydroxylamine groups is 2. The van der Waals surface area contributed by atoms with E-state index in [2.05, 4.69) is 4.84 Å². The van der Waals surface area contributed by atoms with Crippen LogP contribution in [0, 0.1) is 0 Å². The molecule has 2 amide bonds. The summed E-state index contributed by atoms with van der Waals surface area (Å²) in [4.78, 5) is 52.0. The second kappa shape index (κ2) is 6.56. The minimum atomic E-state index is -0.798. The number of rotatable bonds is 4. The average molecular weight is 339 g/mol. The number of carbonyl (C=O) groups excluding carboxylic acids is 4. The number of fused-ring (bicyclic) bond motifs is 1. The van der Waals surface area contributed by atoms with Crippen LogP contribution in [0.15, 0.2) is 48.5 Å². The first-order valence-electron chi connectivity index (χ1n) is 7.40. The van der Waals surface area contributed by atoms with Crippen molar-refractivity contribution in [3.8, 4) is 0 Å². The summed E-state index contributed by atoms with van der Waals surface area (Å²) < 4.78 is 5.19. The summed E-state index contributed by atoms with van der Waals surface area (Å²) in [5.74, 6) is -2.97. The van der Waals surface area contributed by atoms with Crippen molar-refractivity contribution < 1.29 is 28.8 Å². The number of ether oxygens (including phenoxy) is 1. The fourth-order valence-corrected chi connectivity index (χ4v) is 2.36.